The molecule has 1 fully saturated rings. The number of hydrogen-bond donors (Lipinski definition) is 2. The molecule has 0 spiro atoms. The predicted molar refractivity (Wildman–Crippen MR) is 98.1 cm³/mol. The van der Waals surface area contributed by atoms with E-state index in [1.807, 2.05) is 32.0 Å². The Labute approximate surface area is 149 Å². The summed E-state index contributed by atoms with van der Waals surface area (Å²) in [5.74, 6) is 0.572. The number of carbonyl (C=O) groups is 2. The van der Waals surface area contributed by atoms with E-state index in [9.17, 15) is 9.59 Å². The maximum absolute atomic E-state index is 12.0. The van der Waals surface area contributed by atoms with Gasteiger partial charge in [-0.1, -0.05) is 13.0 Å². The largest absolute Gasteiger partial charge is 0.497 e. The molecule has 2 rings (SSSR count). The SMILES string of the molecule is CC[C@H](C)NC(=O)NC(=O)CN1CCN(c2cccc(OC)c2)CC1. The Balaban J connectivity index is 1.76. The molecule has 0 bridgehead atoms. The number of rotatable bonds is 6. The highest BCUT2D eigenvalue weighted by atomic mass is 16.5. The number of methoxy groups -OCH3 is 1. The van der Waals surface area contributed by atoms with E-state index in [1.165, 1.54) is 0 Å². The maximum Gasteiger partial charge on any atom is 0.321 e. The summed E-state index contributed by atoms with van der Waals surface area (Å²) in [7, 11) is 1.66. The van der Waals surface area contributed by atoms with Gasteiger partial charge in [-0.05, 0) is 25.5 Å². The van der Waals surface area contributed by atoms with Crippen molar-refractivity contribution in [3.63, 3.8) is 0 Å². The van der Waals surface area contributed by atoms with Crippen LogP contribution in [-0.4, -0.2) is 62.7 Å². The lowest BCUT2D eigenvalue weighted by Crippen LogP contribution is -2.51. The quantitative estimate of drug-likeness (QED) is 0.814. The predicted octanol–water partition coefficient (Wildman–Crippen LogP) is 1.44. The van der Waals surface area contributed by atoms with Crippen molar-refractivity contribution in [1.82, 2.24) is 15.5 Å². The number of nitrogens with zero attached hydrogens (tertiary/aromatic N) is 2. The zero-order valence-corrected chi connectivity index (χ0v) is 15.2. The van der Waals surface area contributed by atoms with E-state index in [0.29, 0.717) is 0 Å². The number of benzene rings is 1. The van der Waals surface area contributed by atoms with Gasteiger partial charge in [-0.3, -0.25) is 15.0 Å². The zero-order chi connectivity index (χ0) is 18.2. The molecule has 7 heteroatoms. The van der Waals surface area contributed by atoms with Crippen molar-refractivity contribution < 1.29 is 14.3 Å². The van der Waals surface area contributed by atoms with Crippen molar-refractivity contribution in [2.75, 3.05) is 44.7 Å². The number of imide groups is 1. The number of amides is 3. The van der Waals surface area contributed by atoms with Gasteiger partial charge in [-0.2, -0.15) is 0 Å². The number of nitrogens with one attached hydrogen (secondary N) is 2. The number of carbonyl (C=O) groups excluding carboxylic acids is 2. The highest BCUT2D eigenvalue weighted by molar-refractivity contribution is 5.95. The summed E-state index contributed by atoms with van der Waals surface area (Å²) in [4.78, 5) is 28.0. The fourth-order valence-corrected chi connectivity index (χ4v) is 2.70. The first-order valence-electron chi connectivity index (χ1n) is 8.73. The highest BCUT2D eigenvalue weighted by Gasteiger charge is 2.20. The van der Waals surface area contributed by atoms with Crippen molar-refractivity contribution in [3.05, 3.63) is 24.3 Å². The first-order chi connectivity index (χ1) is 12.0. The molecule has 0 unspecified atom stereocenters. The molecule has 1 aliphatic heterocycles. The molecular formula is C18H28N4O3. The van der Waals surface area contributed by atoms with Crippen LogP contribution >= 0.6 is 0 Å². The molecule has 138 valence electrons. The van der Waals surface area contributed by atoms with E-state index in [-0.39, 0.29) is 18.5 Å². The summed E-state index contributed by atoms with van der Waals surface area (Å²) < 4.78 is 5.26. The van der Waals surface area contributed by atoms with Gasteiger partial charge < -0.3 is 15.0 Å². The molecule has 0 radical (unpaired) electrons. The summed E-state index contributed by atoms with van der Waals surface area (Å²) >= 11 is 0. The molecule has 1 aromatic rings. The standard InChI is InChI=1S/C18H28N4O3/c1-4-14(2)19-18(24)20-17(23)13-21-8-10-22(11-9-21)15-6-5-7-16(12-15)25-3/h5-7,12,14H,4,8-11,13H2,1-3H3,(H2,19,20,23,24)/t14-/m0/s1. The number of hydrogen-bond acceptors (Lipinski definition) is 5. The minimum Gasteiger partial charge on any atom is -0.497 e. The maximum atomic E-state index is 12.0. The third-order valence-corrected chi connectivity index (χ3v) is 4.40. The Hall–Kier alpha value is -2.28. The molecule has 3 amide bonds. The average Bonchev–Trinajstić information content (AvgIpc) is 2.62. The molecule has 7 nitrogen and oxygen atoms in total. The third kappa shape index (κ3) is 5.94. The minimum absolute atomic E-state index is 0.0548. The number of ether oxygens (including phenoxy) is 1. The second kappa shape index (κ2) is 9.27. The van der Waals surface area contributed by atoms with Crippen LogP contribution in [0.3, 0.4) is 0 Å². The Morgan fingerprint density at radius 3 is 2.60 bits per heavy atom. The number of piperazine rings is 1. The van der Waals surface area contributed by atoms with Crippen molar-refractivity contribution in [3.8, 4) is 5.75 Å². The third-order valence-electron chi connectivity index (χ3n) is 4.40. The Kier molecular flexibility index (Phi) is 7.06. The van der Waals surface area contributed by atoms with Gasteiger partial charge in [0.1, 0.15) is 5.75 Å². The Bertz CT molecular complexity index is 585. The molecule has 1 aliphatic rings. The number of anilines is 1. The first-order valence-corrected chi connectivity index (χ1v) is 8.73. The molecule has 25 heavy (non-hydrogen) atoms. The van der Waals surface area contributed by atoms with Gasteiger partial charge in [-0.15, -0.1) is 0 Å². The molecule has 1 atom stereocenters. The number of urea groups is 1. The average molecular weight is 348 g/mol. The van der Waals surface area contributed by atoms with Crippen LogP contribution in [-0.2, 0) is 4.79 Å². The normalized spacial score (nSPS) is 16.2. The van der Waals surface area contributed by atoms with Crippen molar-refractivity contribution in [2.24, 2.45) is 0 Å². The van der Waals surface area contributed by atoms with Gasteiger partial charge in [0, 0.05) is 44.0 Å². The zero-order valence-electron chi connectivity index (χ0n) is 15.2. The monoisotopic (exact) mass is 348 g/mol. The summed E-state index contributed by atoms with van der Waals surface area (Å²) in [5, 5.41) is 5.12. The van der Waals surface area contributed by atoms with E-state index in [2.05, 4.69) is 26.5 Å². The molecule has 1 saturated heterocycles. The van der Waals surface area contributed by atoms with Crippen LogP contribution < -0.4 is 20.3 Å². The summed E-state index contributed by atoms with van der Waals surface area (Å²) in [5.41, 5.74) is 1.12. The molecule has 0 saturated carbocycles. The van der Waals surface area contributed by atoms with E-state index >= 15 is 0 Å². The van der Waals surface area contributed by atoms with E-state index in [1.54, 1.807) is 7.11 Å². The van der Waals surface area contributed by atoms with Crippen molar-refractivity contribution >= 4 is 17.6 Å². The molecule has 1 aromatic carbocycles. The van der Waals surface area contributed by atoms with Crippen LogP contribution in [0.4, 0.5) is 10.5 Å². The Morgan fingerprint density at radius 2 is 1.96 bits per heavy atom. The van der Waals surface area contributed by atoms with Gasteiger partial charge in [0.2, 0.25) is 5.91 Å². The first kappa shape index (κ1) is 19.1. The van der Waals surface area contributed by atoms with Crippen LogP contribution in [0.1, 0.15) is 20.3 Å². The molecular weight excluding hydrogens is 320 g/mol. The van der Waals surface area contributed by atoms with Crippen LogP contribution in [0.2, 0.25) is 0 Å². The van der Waals surface area contributed by atoms with Crippen LogP contribution in [0, 0.1) is 0 Å². The van der Waals surface area contributed by atoms with Gasteiger partial charge in [0.05, 0.1) is 13.7 Å². The summed E-state index contributed by atoms with van der Waals surface area (Å²) in [6.45, 7) is 7.34. The lowest BCUT2D eigenvalue weighted by molar-refractivity contribution is -0.121. The molecule has 2 N–H and O–H groups in total. The minimum atomic E-state index is -0.422. The van der Waals surface area contributed by atoms with Crippen LogP contribution in [0.15, 0.2) is 24.3 Å². The van der Waals surface area contributed by atoms with E-state index < -0.39 is 6.03 Å². The topological polar surface area (TPSA) is 73.9 Å². The molecule has 1 heterocycles. The van der Waals surface area contributed by atoms with Crippen LogP contribution in [0.5, 0.6) is 5.75 Å². The van der Waals surface area contributed by atoms with E-state index in [4.69, 9.17) is 4.74 Å². The summed E-state index contributed by atoms with van der Waals surface area (Å²) in [6.07, 6.45) is 0.827. The highest BCUT2D eigenvalue weighted by Crippen LogP contribution is 2.21. The molecule has 0 aromatic heterocycles. The van der Waals surface area contributed by atoms with Crippen LogP contribution in [0.25, 0.3) is 0 Å². The van der Waals surface area contributed by atoms with Gasteiger partial charge >= 0.3 is 6.03 Å². The lowest BCUT2D eigenvalue weighted by atomic mass is 10.2. The van der Waals surface area contributed by atoms with Crippen molar-refractivity contribution in [1.29, 1.82) is 0 Å². The van der Waals surface area contributed by atoms with Gasteiger partial charge in [0.25, 0.3) is 0 Å². The van der Waals surface area contributed by atoms with Gasteiger partial charge in [-0.25, -0.2) is 4.79 Å². The second-order valence-electron chi connectivity index (χ2n) is 6.30. The fraction of sp³-hybridized carbons (Fsp3) is 0.556. The lowest BCUT2D eigenvalue weighted by Gasteiger charge is -2.35. The van der Waals surface area contributed by atoms with Gasteiger partial charge in [0.15, 0.2) is 0 Å². The summed E-state index contributed by atoms with van der Waals surface area (Å²) in [6, 6.07) is 7.61. The fourth-order valence-electron chi connectivity index (χ4n) is 2.70. The van der Waals surface area contributed by atoms with E-state index in [0.717, 1.165) is 44.0 Å². The smallest absolute Gasteiger partial charge is 0.321 e. The Morgan fingerprint density at radius 1 is 1.24 bits per heavy atom. The van der Waals surface area contributed by atoms with Crippen molar-refractivity contribution in [2.45, 2.75) is 26.3 Å². The molecule has 0 aliphatic carbocycles. The second-order valence-corrected chi connectivity index (χ2v) is 6.30.